The van der Waals surface area contributed by atoms with Crippen LogP contribution in [0, 0.1) is 0 Å². The van der Waals surface area contributed by atoms with E-state index in [1.54, 1.807) is 24.3 Å². The van der Waals surface area contributed by atoms with Crippen LogP contribution in [0.3, 0.4) is 0 Å². The summed E-state index contributed by atoms with van der Waals surface area (Å²) in [5, 5.41) is 2.13. The summed E-state index contributed by atoms with van der Waals surface area (Å²) < 4.78 is 6.45. The second-order valence-corrected chi connectivity index (χ2v) is 5.13. The molecular weight excluding hydrogens is 312 g/mol. The molecule has 2 amide bonds. The Kier molecular flexibility index (Phi) is 2.86. The van der Waals surface area contributed by atoms with Crippen molar-refractivity contribution < 1.29 is 14.0 Å². The van der Waals surface area contributed by atoms with Crippen molar-refractivity contribution in [2.75, 3.05) is 5.73 Å². The fourth-order valence-corrected chi connectivity index (χ4v) is 2.73. The summed E-state index contributed by atoms with van der Waals surface area (Å²) in [5.74, 6) is -1.07. The van der Waals surface area contributed by atoms with E-state index in [1.807, 2.05) is 0 Å². The molecule has 0 aliphatic carbocycles. The fourth-order valence-electron chi connectivity index (χ4n) is 2.73. The first-order valence-electron chi connectivity index (χ1n) is 6.98. The minimum Gasteiger partial charge on any atom is -0.444 e. The molecule has 0 radical (unpaired) electrons. The van der Waals surface area contributed by atoms with Crippen LogP contribution >= 0.6 is 0 Å². The van der Waals surface area contributed by atoms with E-state index < -0.39 is 17.4 Å². The number of hydrogen-bond acceptors (Lipinski definition) is 6. The second kappa shape index (κ2) is 4.92. The van der Waals surface area contributed by atoms with Crippen LogP contribution in [0.25, 0.3) is 17.1 Å². The Bertz CT molecular complexity index is 1050. The van der Waals surface area contributed by atoms with Crippen LogP contribution in [0.1, 0.15) is 20.7 Å². The lowest BCUT2D eigenvalue weighted by Gasteiger charge is -2.14. The minimum absolute atomic E-state index is 0.0122. The number of hydrogen-bond donors (Lipinski definition) is 2. The first-order chi connectivity index (χ1) is 11.6. The van der Waals surface area contributed by atoms with E-state index in [2.05, 4.69) is 10.3 Å². The van der Waals surface area contributed by atoms with E-state index in [4.69, 9.17) is 10.2 Å². The first-order valence-corrected chi connectivity index (χ1v) is 6.98. The van der Waals surface area contributed by atoms with Crippen LogP contribution < -0.4 is 16.6 Å². The highest BCUT2D eigenvalue weighted by Gasteiger charge is 2.32. The number of nitrogen functional groups attached to an aromatic ring is 1. The van der Waals surface area contributed by atoms with Crippen LogP contribution in [-0.2, 0) is 0 Å². The molecule has 118 valence electrons. The third kappa shape index (κ3) is 1.86. The largest absolute Gasteiger partial charge is 0.444 e. The third-order valence-corrected chi connectivity index (χ3v) is 3.76. The molecule has 0 atom stereocenters. The lowest BCUT2D eigenvalue weighted by atomic mass is 10.1. The summed E-state index contributed by atoms with van der Waals surface area (Å²) in [6.07, 6.45) is 2.89. The zero-order valence-electron chi connectivity index (χ0n) is 12.1. The molecule has 8 heteroatoms. The van der Waals surface area contributed by atoms with Crippen molar-refractivity contribution in [3.05, 3.63) is 64.3 Å². The molecule has 24 heavy (non-hydrogen) atoms. The van der Waals surface area contributed by atoms with Gasteiger partial charge in [0.1, 0.15) is 12.1 Å². The van der Waals surface area contributed by atoms with Gasteiger partial charge >= 0.3 is 0 Å². The molecule has 3 heterocycles. The standard InChI is InChI=1S/C16H10N4O4/c17-13-12-9(14(22)19-15(12)23)7-11(21)20(13)10-4-2-1-3-8(10)16-18-5-6-24-16/h1-7H,17H2,(H,19,22,23). The Labute approximate surface area is 134 Å². The van der Waals surface area contributed by atoms with Crippen molar-refractivity contribution in [3.63, 3.8) is 0 Å². The van der Waals surface area contributed by atoms with Crippen molar-refractivity contribution in [1.82, 2.24) is 14.9 Å². The van der Waals surface area contributed by atoms with Crippen LogP contribution in [0.4, 0.5) is 5.82 Å². The predicted octanol–water partition coefficient (Wildman–Crippen LogP) is 0.958. The number of carbonyl (C=O) groups is 2. The number of para-hydroxylation sites is 1. The van der Waals surface area contributed by atoms with E-state index in [9.17, 15) is 14.4 Å². The van der Waals surface area contributed by atoms with Gasteiger partial charge in [-0.3, -0.25) is 24.3 Å². The Balaban J connectivity index is 2.04. The van der Waals surface area contributed by atoms with Crippen molar-refractivity contribution in [3.8, 4) is 17.1 Å². The Hall–Kier alpha value is -3.68. The van der Waals surface area contributed by atoms with Gasteiger partial charge in [0.05, 0.1) is 28.6 Å². The van der Waals surface area contributed by atoms with Gasteiger partial charge in [-0.2, -0.15) is 0 Å². The number of nitrogens with one attached hydrogen (secondary N) is 1. The molecule has 1 aliphatic heterocycles. The normalized spacial score (nSPS) is 13.0. The van der Waals surface area contributed by atoms with Gasteiger partial charge in [0.15, 0.2) is 0 Å². The molecule has 0 saturated heterocycles. The van der Waals surface area contributed by atoms with Gasteiger partial charge in [-0.1, -0.05) is 12.1 Å². The molecule has 0 bridgehead atoms. The van der Waals surface area contributed by atoms with E-state index in [0.29, 0.717) is 17.1 Å². The topological polar surface area (TPSA) is 120 Å². The van der Waals surface area contributed by atoms with Crippen molar-refractivity contribution in [2.45, 2.75) is 0 Å². The molecule has 3 aromatic rings. The van der Waals surface area contributed by atoms with Crippen LogP contribution in [0.15, 0.2) is 52.0 Å². The van der Waals surface area contributed by atoms with Crippen LogP contribution in [0.5, 0.6) is 0 Å². The molecule has 3 N–H and O–H groups in total. The molecule has 0 fully saturated rings. The number of pyridine rings is 1. The zero-order valence-corrected chi connectivity index (χ0v) is 12.1. The third-order valence-electron chi connectivity index (χ3n) is 3.76. The maximum Gasteiger partial charge on any atom is 0.262 e. The van der Waals surface area contributed by atoms with Gasteiger partial charge in [-0.25, -0.2) is 4.98 Å². The average molecular weight is 322 g/mol. The summed E-state index contributed by atoms with van der Waals surface area (Å²) in [6.45, 7) is 0. The average Bonchev–Trinajstić information content (AvgIpc) is 3.17. The lowest BCUT2D eigenvalue weighted by Crippen LogP contribution is -2.24. The molecule has 1 aromatic carbocycles. The maximum atomic E-state index is 12.5. The van der Waals surface area contributed by atoms with E-state index in [1.165, 1.54) is 12.5 Å². The summed E-state index contributed by atoms with van der Waals surface area (Å²) in [6, 6.07) is 7.93. The molecule has 1 aliphatic rings. The highest BCUT2D eigenvalue weighted by Crippen LogP contribution is 2.28. The van der Waals surface area contributed by atoms with Crippen LogP contribution in [0.2, 0.25) is 0 Å². The number of rotatable bonds is 2. The number of fused-ring (bicyclic) bond motifs is 1. The first kappa shape index (κ1) is 13.9. The number of aromatic nitrogens is 2. The van der Waals surface area contributed by atoms with Gasteiger partial charge < -0.3 is 10.2 Å². The van der Waals surface area contributed by atoms with E-state index in [0.717, 1.165) is 10.6 Å². The number of nitrogens with zero attached hydrogens (tertiary/aromatic N) is 2. The molecular formula is C16H10N4O4. The number of oxazole rings is 1. The molecule has 4 rings (SSSR count). The quantitative estimate of drug-likeness (QED) is 0.678. The summed E-state index contributed by atoms with van der Waals surface area (Å²) in [7, 11) is 0. The number of carbonyl (C=O) groups excluding carboxylic acids is 2. The SMILES string of the molecule is Nc1c2c(cc(=O)n1-c1ccccc1-c1ncco1)C(=O)NC2=O. The minimum atomic E-state index is -0.632. The maximum absolute atomic E-state index is 12.5. The number of nitrogens with two attached hydrogens (primary N) is 1. The molecule has 8 nitrogen and oxygen atoms in total. The summed E-state index contributed by atoms with van der Waals surface area (Å²) in [4.78, 5) is 40.3. The smallest absolute Gasteiger partial charge is 0.262 e. The second-order valence-electron chi connectivity index (χ2n) is 5.13. The van der Waals surface area contributed by atoms with Gasteiger partial charge in [-0.15, -0.1) is 0 Å². The predicted molar refractivity (Wildman–Crippen MR) is 83.7 cm³/mol. The van der Waals surface area contributed by atoms with Gasteiger partial charge in [-0.05, 0) is 12.1 Å². The molecule has 0 unspecified atom stereocenters. The van der Waals surface area contributed by atoms with Crippen molar-refractivity contribution >= 4 is 17.6 Å². The number of anilines is 1. The number of amides is 2. The van der Waals surface area contributed by atoms with E-state index in [-0.39, 0.29) is 16.9 Å². The zero-order chi connectivity index (χ0) is 16.8. The monoisotopic (exact) mass is 322 g/mol. The van der Waals surface area contributed by atoms with E-state index >= 15 is 0 Å². The molecule has 2 aromatic heterocycles. The van der Waals surface area contributed by atoms with Crippen LogP contribution in [-0.4, -0.2) is 21.4 Å². The number of benzene rings is 1. The molecule has 0 spiro atoms. The lowest BCUT2D eigenvalue weighted by molar-refractivity contribution is 0.0880. The molecule has 0 saturated carbocycles. The van der Waals surface area contributed by atoms with Crippen molar-refractivity contribution in [2.24, 2.45) is 0 Å². The van der Waals surface area contributed by atoms with Gasteiger partial charge in [0.2, 0.25) is 5.89 Å². The van der Waals surface area contributed by atoms with Crippen molar-refractivity contribution in [1.29, 1.82) is 0 Å². The fraction of sp³-hybridized carbons (Fsp3) is 0. The Morgan fingerprint density at radius 3 is 2.62 bits per heavy atom. The highest BCUT2D eigenvalue weighted by atomic mass is 16.3. The van der Waals surface area contributed by atoms with Gasteiger partial charge in [0.25, 0.3) is 17.4 Å². The summed E-state index contributed by atoms with van der Waals surface area (Å²) in [5.41, 5.74) is 6.40. The number of imide groups is 1. The van der Waals surface area contributed by atoms with Gasteiger partial charge in [0, 0.05) is 6.07 Å². The Morgan fingerprint density at radius 2 is 1.88 bits per heavy atom. The summed E-state index contributed by atoms with van der Waals surface area (Å²) >= 11 is 0. The Morgan fingerprint density at radius 1 is 1.08 bits per heavy atom. The highest BCUT2D eigenvalue weighted by molar-refractivity contribution is 6.23.